The van der Waals surface area contributed by atoms with Gasteiger partial charge in [0, 0.05) is 16.8 Å². The van der Waals surface area contributed by atoms with Crippen LogP contribution in [0.15, 0.2) is 36.5 Å². The summed E-state index contributed by atoms with van der Waals surface area (Å²) in [5.74, 6) is 1.29. The van der Waals surface area contributed by atoms with E-state index in [2.05, 4.69) is 11.9 Å². The van der Waals surface area contributed by atoms with Crippen LogP contribution in [0.3, 0.4) is 0 Å². The summed E-state index contributed by atoms with van der Waals surface area (Å²) in [5.41, 5.74) is 7.71. The van der Waals surface area contributed by atoms with Gasteiger partial charge in [0.25, 0.3) is 0 Å². The highest BCUT2D eigenvalue weighted by atomic mass is 35.5. The maximum absolute atomic E-state index is 6.05. The monoisotopic (exact) mass is 262 g/mol. The Morgan fingerprint density at radius 3 is 2.83 bits per heavy atom. The van der Waals surface area contributed by atoms with E-state index < -0.39 is 0 Å². The third-order valence-electron chi connectivity index (χ3n) is 2.72. The van der Waals surface area contributed by atoms with Gasteiger partial charge in [0.15, 0.2) is 0 Å². The number of anilines is 1. The molecule has 0 aliphatic heterocycles. The molecule has 2 aromatic rings. The van der Waals surface area contributed by atoms with Crippen molar-refractivity contribution in [3.8, 4) is 5.75 Å². The number of ether oxygens (including phenoxy) is 1. The third-order valence-corrected chi connectivity index (χ3v) is 3.09. The number of nitrogen functional groups attached to an aromatic ring is 1. The number of aryl methyl sites for hydroxylation is 1. The van der Waals surface area contributed by atoms with Gasteiger partial charge in [-0.1, -0.05) is 24.6 Å². The van der Waals surface area contributed by atoms with Crippen molar-refractivity contribution in [2.24, 2.45) is 0 Å². The van der Waals surface area contributed by atoms with Crippen LogP contribution in [0.1, 0.15) is 18.1 Å². The van der Waals surface area contributed by atoms with Crippen LogP contribution in [-0.2, 0) is 13.0 Å². The summed E-state index contributed by atoms with van der Waals surface area (Å²) < 4.78 is 5.69. The molecule has 4 heteroatoms. The lowest BCUT2D eigenvalue weighted by Gasteiger charge is -2.09. The number of hydrogen-bond acceptors (Lipinski definition) is 3. The van der Waals surface area contributed by atoms with E-state index in [9.17, 15) is 0 Å². The van der Waals surface area contributed by atoms with Crippen LogP contribution >= 0.6 is 11.6 Å². The molecule has 0 amide bonds. The first-order chi connectivity index (χ1) is 8.70. The van der Waals surface area contributed by atoms with Crippen molar-refractivity contribution in [1.82, 2.24) is 4.98 Å². The third kappa shape index (κ3) is 2.93. The normalized spacial score (nSPS) is 10.3. The van der Waals surface area contributed by atoms with Crippen molar-refractivity contribution in [3.05, 3.63) is 52.7 Å². The van der Waals surface area contributed by atoms with E-state index in [0.717, 1.165) is 28.3 Å². The summed E-state index contributed by atoms with van der Waals surface area (Å²) >= 11 is 6.05. The summed E-state index contributed by atoms with van der Waals surface area (Å²) in [7, 11) is 0. The Morgan fingerprint density at radius 1 is 1.28 bits per heavy atom. The molecule has 0 atom stereocenters. The van der Waals surface area contributed by atoms with Crippen LogP contribution in [0, 0.1) is 0 Å². The molecule has 1 aromatic carbocycles. The minimum atomic E-state index is 0.407. The molecule has 0 saturated carbocycles. The van der Waals surface area contributed by atoms with Gasteiger partial charge in [-0.15, -0.1) is 0 Å². The Morgan fingerprint density at radius 2 is 2.11 bits per heavy atom. The van der Waals surface area contributed by atoms with Crippen LogP contribution in [0.25, 0.3) is 0 Å². The standard InChI is InChI=1S/C14H15ClN2O/c1-2-10-8-12(5-6-13(10)15)18-9-11-4-3-7-17-14(11)16/h3-8H,2,9H2,1H3,(H2,16,17). The van der Waals surface area contributed by atoms with Crippen molar-refractivity contribution in [2.45, 2.75) is 20.0 Å². The zero-order chi connectivity index (χ0) is 13.0. The number of nitrogens with two attached hydrogens (primary N) is 1. The Balaban J connectivity index is 2.09. The molecule has 3 nitrogen and oxygen atoms in total. The fourth-order valence-corrected chi connectivity index (χ4v) is 1.90. The molecule has 0 fully saturated rings. The van der Waals surface area contributed by atoms with Gasteiger partial charge in [0.2, 0.25) is 0 Å². The zero-order valence-corrected chi connectivity index (χ0v) is 10.9. The Kier molecular flexibility index (Phi) is 4.05. The first-order valence-electron chi connectivity index (χ1n) is 5.81. The summed E-state index contributed by atoms with van der Waals surface area (Å²) in [6.07, 6.45) is 2.54. The second-order valence-electron chi connectivity index (χ2n) is 3.94. The topological polar surface area (TPSA) is 48.1 Å². The summed E-state index contributed by atoms with van der Waals surface area (Å²) in [6, 6.07) is 9.40. The van der Waals surface area contributed by atoms with Gasteiger partial charge in [-0.05, 0) is 36.2 Å². The number of aromatic nitrogens is 1. The highest BCUT2D eigenvalue weighted by molar-refractivity contribution is 6.31. The molecule has 0 spiro atoms. The molecule has 0 unspecified atom stereocenters. The number of benzene rings is 1. The summed E-state index contributed by atoms with van der Waals surface area (Å²) in [6.45, 7) is 2.47. The molecule has 1 heterocycles. The van der Waals surface area contributed by atoms with Gasteiger partial charge in [0.1, 0.15) is 18.2 Å². The molecule has 2 rings (SSSR count). The Bertz CT molecular complexity index is 543. The average molecular weight is 263 g/mol. The summed E-state index contributed by atoms with van der Waals surface area (Å²) in [5, 5.41) is 0.769. The zero-order valence-electron chi connectivity index (χ0n) is 10.2. The molecule has 1 aromatic heterocycles. The van der Waals surface area contributed by atoms with Crippen molar-refractivity contribution in [2.75, 3.05) is 5.73 Å². The molecule has 0 bridgehead atoms. The number of nitrogens with zero attached hydrogens (tertiary/aromatic N) is 1. The fourth-order valence-electron chi connectivity index (χ4n) is 1.65. The molecule has 0 radical (unpaired) electrons. The maximum atomic E-state index is 6.05. The van der Waals surface area contributed by atoms with Crippen LogP contribution in [0.5, 0.6) is 5.75 Å². The average Bonchev–Trinajstić information content (AvgIpc) is 2.39. The predicted molar refractivity (Wildman–Crippen MR) is 73.8 cm³/mol. The second kappa shape index (κ2) is 5.74. The molecule has 0 aliphatic rings. The SMILES string of the molecule is CCc1cc(OCc2cccnc2N)ccc1Cl. The smallest absolute Gasteiger partial charge is 0.129 e. The first-order valence-corrected chi connectivity index (χ1v) is 6.19. The molecule has 0 saturated heterocycles. The first kappa shape index (κ1) is 12.7. The van der Waals surface area contributed by atoms with Gasteiger partial charge >= 0.3 is 0 Å². The number of hydrogen-bond donors (Lipinski definition) is 1. The highest BCUT2D eigenvalue weighted by Gasteiger charge is 2.03. The minimum absolute atomic E-state index is 0.407. The minimum Gasteiger partial charge on any atom is -0.489 e. The molecular weight excluding hydrogens is 248 g/mol. The van der Waals surface area contributed by atoms with Crippen molar-refractivity contribution in [3.63, 3.8) is 0 Å². The van der Waals surface area contributed by atoms with Crippen molar-refractivity contribution >= 4 is 17.4 Å². The quantitative estimate of drug-likeness (QED) is 0.918. The van der Waals surface area contributed by atoms with Crippen LogP contribution < -0.4 is 10.5 Å². The predicted octanol–water partition coefficient (Wildman–Crippen LogP) is 3.46. The van der Waals surface area contributed by atoms with Gasteiger partial charge in [-0.25, -0.2) is 4.98 Å². The molecule has 2 N–H and O–H groups in total. The second-order valence-corrected chi connectivity index (χ2v) is 4.35. The number of rotatable bonds is 4. The Hall–Kier alpha value is -1.74. The molecule has 18 heavy (non-hydrogen) atoms. The lowest BCUT2D eigenvalue weighted by molar-refractivity contribution is 0.306. The van der Waals surface area contributed by atoms with E-state index in [0.29, 0.717) is 12.4 Å². The van der Waals surface area contributed by atoms with E-state index in [1.165, 1.54) is 0 Å². The van der Waals surface area contributed by atoms with E-state index in [4.69, 9.17) is 22.1 Å². The lowest BCUT2D eigenvalue weighted by atomic mass is 10.1. The van der Waals surface area contributed by atoms with Gasteiger partial charge in [-0.2, -0.15) is 0 Å². The Labute approximate surface area is 112 Å². The van der Waals surface area contributed by atoms with Gasteiger partial charge in [0.05, 0.1) is 0 Å². The lowest BCUT2D eigenvalue weighted by Crippen LogP contribution is -2.02. The number of halogens is 1. The maximum Gasteiger partial charge on any atom is 0.129 e. The van der Waals surface area contributed by atoms with Gasteiger partial charge < -0.3 is 10.5 Å². The van der Waals surface area contributed by atoms with E-state index >= 15 is 0 Å². The van der Waals surface area contributed by atoms with Crippen molar-refractivity contribution < 1.29 is 4.74 Å². The van der Waals surface area contributed by atoms with Gasteiger partial charge in [-0.3, -0.25) is 0 Å². The summed E-state index contributed by atoms with van der Waals surface area (Å²) in [4.78, 5) is 4.02. The van der Waals surface area contributed by atoms with Crippen molar-refractivity contribution in [1.29, 1.82) is 0 Å². The highest BCUT2D eigenvalue weighted by Crippen LogP contribution is 2.23. The molecular formula is C14H15ClN2O. The number of pyridine rings is 1. The van der Waals surface area contributed by atoms with E-state index in [1.807, 2.05) is 30.3 Å². The van der Waals surface area contributed by atoms with Crippen LogP contribution in [0.2, 0.25) is 5.02 Å². The van der Waals surface area contributed by atoms with E-state index in [-0.39, 0.29) is 0 Å². The van der Waals surface area contributed by atoms with Crippen LogP contribution in [-0.4, -0.2) is 4.98 Å². The largest absolute Gasteiger partial charge is 0.489 e. The molecule has 94 valence electrons. The molecule has 0 aliphatic carbocycles. The fraction of sp³-hybridized carbons (Fsp3) is 0.214. The van der Waals surface area contributed by atoms with Crippen LogP contribution in [0.4, 0.5) is 5.82 Å². The van der Waals surface area contributed by atoms with E-state index in [1.54, 1.807) is 6.20 Å².